The maximum atomic E-state index is 13.6. The first-order chi connectivity index (χ1) is 23.4. The average Bonchev–Trinajstić information content (AvgIpc) is 3.43. The predicted octanol–water partition coefficient (Wildman–Crippen LogP) is 9.34. The van der Waals surface area contributed by atoms with E-state index < -0.39 is 17.1 Å². The minimum absolute atomic E-state index is 0.0424. The lowest BCUT2D eigenvalue weighted by Crippen LogP contribution is -2.30. The van der Waals surface area contributed by atoms with Crippen LogP contribution < -0.4 is 16.0 Å². The van der Waals surface area contributed by atoms with Crippen molar-refractivity contribution in [3.05, 3.63) is 117 Å². The van der Waals surface area contributed by atoms with Crippen LogP contribution in [-0.2, 0) is 22.4 Å². The van der Waals surface area contributed by atoms with E-state index in [2.05, 4.69) is 42.8 Å². The number of halogens is 1. The molecular weight excluding hydrogens is 672 g/mol. The summed E-state index contributed by atoms with van der Waals surface area (Å²) >= 11 is 9.10. The van der Waals surface area contributed by atoms with E-state index in [9.17, 15) is 19.6 Å². The molecule has 1 aromatic heterocycles. The third kappa shape index (κ3) is 9.21. The van der Waals surface area contributed by atoms with Crippen LogP contribution in [0.5, 0.6) is 0 Å². The number of benzene rings is 3. The SMILES string of the molecule is CCC(Sc1cccc(NC(=O)/C(=C/c2cccc(Cl)c2)NC(=O)c2ccccc2)c1)C(=O)Nc1sc2c(c1C#N)CCC(C(C)(C)C)C2. The van der Waals surface area contributed by atoms with Gasteiger partial charge in [0.05, 0.1) is 10.8 Å². The summed E-state index contributed by atoms with van der Waals surface area (Å²) in [4.78, 5) is 42.1. The number of carbonyl (C=O) groups is 3. The molecule has 1 aliphatic rings. The van der Waals surface area contributed by atoms with Crippen LogP contribution in [0.1, 0.15) is 72.5 Å². The van der Waals surface area contributed by atoms with Crippen LogP contribution in [0.25, 0.3) is 6.08 Å². The number of hydrogen-bond donors (Lipinski definition) is 3. The summed E-state index contributed by atoms with van der Waals surface area (Å²) in [7, 11) is 0. The second kappa shape index (κ2) is 15.9. The van der Waals surface area contributed by atoms with Gasteiger partial charge in [-0.05, 0) is 96.7 Å². The Kier molecular flexibility index (Phi) is 11.7. The summed E-state index contributed by atoms with van der Waals surface area (Å²) in [6.45, 7) is 8.72. The van der Waals surface area contributed by atoms with E-state index in [1.807, 2.05) is 19.1 Å². The van der Waals surface area contributed by atoms with Gasteiger partial charge in [0.25, 0.3) is 11.8 Å². The van der Waals surface area contributed by atoms with Crippen molar-refractivity contribution in [1.82, 2.24) is 5.32 Å². The summed E-state index contributed by atoms with van der Waals surface area (Å²) in [5.74, 6) is -0.579. The number of carbonyl (C=O) groups excluding carboxylic acids is 3. The van der Waals surface area contributed by atoms with E-state index in [0.717, 1.165) is 29.7 Å². The van der Waals surface area contributed by atoms with E-state index in [4.69, 9.17) is 11.6 Å². The van der Waals surface area contributed by atoms with Gasteiger partial charge < -0.3 is 16.0 Å². The van der Waals surface area contributed by atoms with Crippen LogP contribution in [0.4, 0.5) is 10.7 Å². The number of amides is 3. The highest BCUT2D eigenvalue weighted by atomic mass is 35.5. The zero-order chi connectivity index (χ0) is 35.1. The van der Waals surface area contributed by atoms with E-state index >= 15 is 0 Å². The number of nitrogens with zero attached hydrogens (tertiary/aromatic N) is 1. The first kappa shape index (κ1) is 35.9. The zero-order valence-corrected chi connectivity index (χ0v) is 30.3. The van der Waals surface area contributed by atoms with Crippen LogP contribution in [-0.4, -0.2) is 23.0 Å². The van der Waals surface area contributed by atoms with Gasteiger partial charge in [-0.2, -0.15) is 5.26 Å². The van der Waals surface area contributed by atoms with Gasteiger partial charge in [-0.1, -0.05) is 75.7 Å². The Hall–Kier alpha value is -4.36. The Bertz CT molecular complexity index is 1920. The minimum atomic E-state index is -0.518. The van der Waals surface area contributed by atoms with Crippen molar-refractivity contribution in [2.24, 2.45) is 11.3 Å². The summed E-state index contributed by atoms with van der Waals surface area (Å²) < 4.78 is 0. The third-order valence-electron chi connectivity index (χ3n) is 8.56. The van der Waals surface area contributed by atoms with Gasteiger partial charge in [-0.25, -0.2) is 0 Å². The number of thioether (sulfide) groups is 1. The highest BCUT2D eigenvalue weighted by molar-refractivity contribution is 8.00. The lowest BCUT2D eigenvalue weighted by Gasteiger charge is -2.33. The second-order valence-electron chi connectivity index (χ2n) is 13.0. The van der Waals surface area contributed by atoms with Crippen molar-refractivity contribution < 1.29 is 14.4 Å². The molecule has 2 unspecified atom stereocenters. The monoisotopic (exact) mass is 710 g/mol. The lowest BCUT2D eigenvalue weighted by atomic mass is 9.72. The van der Waals surface area contributed by atoms with Crippen molar-refractivity contribution in [3.8, 4) is 6.07 Å². The van der Waals surface area contributed by atoms with E-state index in [1.54, 1.807) is 72.8 Å². The van der Waals surface area contributed by atoms with Gasteiger partial charge in [0.1, 0.15) is 16.8 Å². The number of anilines is 2. The fourth-order valence-electron chi connectivity index (χ4n) is 5.76. The van der Waals surface area contributed by atoms with Crippen molar-refractivity contribution in [1.29, 1.82) is 5.26 Å². The Morgan fingerprint density at radius 2 is 1.80 bits per heavy atom. The van der Waals surface area contributed by atoms with Crippen LogP contribution in [0.2, 0.25) is 5.02 Å². The van der Waals surface area contributed by atoms with Crippen LogP contribution in [0, 0.1) is 22.7 Å². The van der Waals surface area contributed by atoms with E-state index in [0.29, 0.717) is 44.7 Å². The molecule has 3 amide bonds. The van der Waals surface area contributed by atoms with E-state index in [-0.39, 0.29) is 17.0 Å². The topological polar surface area (TPSA) is 111 Å². The summed E-state index contributed by atoms with van der Waals surface area (Å²) in [6.07, 6.45) is 4.93. The molecule has 0 spiro atoms. The average molecular weight is 711 g/mol. The molecule has 0 saturated carbocycles. The highest BCUT2D eigenvalue weighted by Crippen LogP contribution is 2.44. The van der Waals surface area contributed by atoms with E-state index in [1.165, 1.54) is 28.0 Å². The number of nitriles is 1. The number of nitrogens with one attached hydrogen (secondary N) is 3. The lowest BCUT2D eigenvalue weighted by molar-refractivity contribution is -0.116. The molecule has 0 radical (unpaired) electrons. The first-order valence-electron chi connectivity index (χ1n) is 16.2. The molecule has 0 aliphatic heterocycles. The quantitative estimate of drug-likeness (QED) is 0.112. The summed E-state index contributed by atoms with van der Waals surface area (Å²) in [6, 6.07) is 25.2. The Morgan fingerprint density at radius 1 is 1.04 bits per heavy atom. The van der Waals surface area contributed by atoms with Crippen molar-refractivity contribution in [2.45, 2.75) is 63.5 Å². The Balaban J connectivity index is 1.30. The maximum absolute atomic E-state index is 13.6. The smallest absolute Gasteiger partial charge is 0.272 e. The molecule has 1 aliphatic carbocycles. The molecular formula is C39H39ClN4O3S2. The maximum Gasteiger partial charge on any atom is 0.272 e. The molecule has 2 atom stereocenters. The molecule has 3 aromatic carbocycles. The fourth-order valence-corrected chi connectivity index (χ4v) is 8.25. The third-order valence-corrected chi connectivity index (χ3v) is 11.3. The summed E-state index contributed by atoms with van der Waals surface area (Å²) in [5.41, 5.74) is 3.45. The zero-order valence-electron chi connectivity index (χ0n) is 27.9. The fraction of sp³-hybridized carbons (Fsp3) is 0.282. The number of hydrogen-bond acceptors (Lipinski definition) is 6. The molecule has 10 heteroatoms. The number of rotatable bonds is 10. The second-order valence-corrected chi connectivity index (χ2v) is 15.9. The van der Waals surface area contributed by atoms with Gasteiger partial charge in [0, 0.05) is 26.0 Å². The molecule has 0 saturated heterocycles. The molecule has 0 fully saturated rings. The van der Waals surface area contributed by atoms with Crippen LogP contribution in [0.15, 0.2) is 89.5 Å². The highest BCUT2D eigenvalue weighted by Gasteiger charge is 2.33. The summed E-state index contributed by atoms with van der Waals surface area (Å²) in [5, 5.41) is 19.4. The molecule has 252 valence electrons. The van der Waals surface area contributed by atoms with Crippen molar-refractivity contribution >= 4 is 69.2 Å². The number of thiophene rings is 1. The minimum Gasteiger partial charge on any atom is -0.321 e. The first-order valence-corrected chi connectivity index (χ1v) is 18.3. The van der Waals surface area contributed by atoms with Crippen molar-refractivity contribution in [2.75, 3.05) is 10.6 Å². The van der Waals surface area contributed by atoms with Gasteiger partial charge >= 0.3 is 0 Å². The molecule has 5 rings (SSSR count). The molecule has 49 heavy (non-hydrogen) atoms. The molecule has 0 bridgehead atoms. The Labute approximate surface area is 301 Å². The van der Waals surface area contributed by atoms with Crippen LogP contribution in [0.3, 0.4) is 0 Å². The number of fused-ring (bicyclic) bond motifs is 1. The standard InChI is InChI=1S/C39H39ClN4O3S2/c1-5-33(37(47)44-38-31(23-41)30-18-17-26(39(2,3)4)21-34(30)49-38)48-29-16-10-15-28(22-29)42-36(46)32(20-24-11-9-14-27(40)19-24)43-35(45)25-12-7-6-8-13-25/h6-16,19-20,22,26,33H,5,17-18,21H2,1-4H3,(H,42,46)(H,43,45)(H,44,47)/b32-20-. The van der Waals surface area contributed by atoms with Gasteiger partial charge in [-0.3, -0.25) is 14.4 Å². The molecule has 1 heterocycles. The Morgan fingerprint density at radius 3 is 2.49 bits per heavy atom. The molecule has 4 aromatic rings. The largest absolute Gasteiger partial charge is 0.321 e. The van der Waals surface area contributed by atoms with Gasteiger partial charge in [0.2, 0.25) is 5.91 Å². The van der Waals surface area contributed by atoms with Crippen LogP contribution >= 0.6 is 34.7 Å². The normalized spacial score (nSPS) is 15.0. The van der Waals surface area contributed by atoms with Gasteiger partial charge in [-0.15, -0.1) is 23.1 Å². The predicted molar refractivity (Wildman–Crippen MR) is 201 cm³/mol. The van der Waals surface area contributed by atoms with Gasteiger partial charge in [0.15, 0.2) is 0 Å². The van der Waals surface area contributed by atoms with Crippen molar-refractivity contribution in [3.63, 3.8) is 0 Å². The molecule has 3 N–H and O–H groups in total. The molecule has 7 nitrogen and oxygen atoms in total.